The SMILES string of the molecule is CCCCOC(C)(C(=O)O)c1c(C(F)(F)F)ccc(F)c1-c1ccc2c(c1)CCCO2. The van der Waals surface area contributed by atoms with Crippen LogP contribution in [0, 0.1) is 5.82 Å². The fraction of sp³-hybridized carbons (Fsp3) is 0.435. The Bertz CT molecular complexity index is 971. The van der Waals surface area contributed by atoms with Crippen molar-refractivity contribution >= 4 is 5.97 Å². The number of carboxylic acid groups (broad SMARTS) is 1. The molecule has 0 fully saturated rings. The Labute approximate surface area is 177 Å². The third-order valence-corrected chi connectivity index (χ3v) is 5.43. The summed E-state index contributed by atoms with van der Waals surface area (Å²) in [5, 5.41) is 9.89. The molecule has 2 aromatic rings. The Morgan fingerprint density at radius 1 is 1.23 bits per heavy atom. The van der Waals surface area contributed by atoms with Gasteiger partial charge < -0.3 is 14.6 Å². The van der Waals surface area contributed by atoms with Gasteiger partial charge in [-0.15, -0.1) is 0 Å². The van der Waals surface area contributed by atoms with Crippen molar-refractivity contribution in [3.05, 3.63) is 52.8 Å². The average Bonchev–Trinajstić information content (AvgIpc) is 2.72. The summed E-state index contributed by atoms with van der Waals surface area (Å²) in [5.74, 6) is -1.99. The second kappa shape index (κ2) is 8.86. The summed E-state index contributed by atoms with van der Waals surface area (Å²) in [7, 11) is 0. The first kappa shape index (κ1) is 23.1. The number of rotatable bonds is 7. The van der Waals surface area contributed by atoms with Crippen LogP contribution in [0.4, 0.5) is 17.6 Å². The van der Waals surface area contributed by atoms with E-state index in [9.17, 15) is 23.1 Å². The highest BCUT2D eigenvalue weighted by molar-refractivity contribution is 5.85. The lowest BCUT2D eigenvalue weighted by atomic mass is 9.83. The smallest absolute Gasteiger partial charge is 0.416 e. The van der Waals surface area contributed by atoms with E-state index in [1.54, 1.807) is 12.1 Å². The zero-order valence-electron chi connectivity index (χ0n) is 17.3. The minimum atomic E-state index is -4.90. The molecule has 0 radical (unpaired) electrons. The number of benzene rings is 2. The maximum atomic E-state index is 15.1. The molecule has 0 saturated carbocycles. The van der Waals surface area contributed by atoms with Crippen molar-refractivity contribution in [2.45, 2.75) is 51.3 Å². The number of fused-ring (bicyclic) bond motifs is 1. The molecule has 1 atom stereocenters. The van der Waals surface area contributed by atoms with Gasteiger partial charge in [0.2, 0.25) is 0 Å². The Morgan fingerprint density at radius 2 is 1.97 bits per heavy atom. The maximum Gasteiger partial charge on any atom is 0.416 e. The second-order valence-corrected chi connectivity index (χ2v) is 7.66. The number of ether oxygens (including phenoxy) is 2. The Morgan fingerprint density at radius 3 is 2.61 bits per heavy atom. The molecule has 8 heteroatoms. The molecule has 0 spiro atoms. The van der Waals surface area contributed by atoms with Crippen LogP contribution in [0.2, 0.25) is 0 Å². The van der Waals surface area contributed by atoms with Crippen LogP contribution in [-0.2, 0) is 27.7 Å². The normalized spacial score (nSPS) is 15.7. The lowest BCUT2D eigenvalue weighted by Gasteiger charge is -2.31. The van der Waals surface area contributed by atoms with Crippen LogP contribution >= 0.6 is 0 Å². The van der Waals surface area contributed by atoms with E-state index in [-0.39, 0.29) is 12.2 Å². The molecule has 1 heterocycles. The molecule has 0 aliphatic carbocycles. The first-order valence-corrected chi connectivity index (χ1v) is 10.1. The lowest BCUT2D eigenvalue weighted by molar-refractivity contribution is -0.168. The van der Waals surface area contributed by atoms with Crippen LogP contribution in [0.3, 0.4) is 0 Å². The van der Waals surface area contributed by atoms with Gasteiger partial charge in [0, 0.05) is 17.7 Å². The van der Waals surface area contributed by atoms with Crippen molar-refractivity contribution in [2.24, 2.45) is 0 Å². The molecule has 1 aliphatic heterocycles. The van der Waals surface area contributed by atoms with Crippen molar-refractivity contribution in [3.8, 4) is 16.9 Å². The van der Waals surface area contributed by atoms with E-state index < -0.39 is 40.3 Å². The topological polar surface area (TPSA) is 55.8 Å². The van der Waals surface area contributed by atoms with E-state index in [1.165, 1.54) is 6.07 Å². The van der Waals surface area contributed by atoms with E-state index in [1.807, 2.05) is 6.92 Å². The molecule has 31 heavy (non-hydrogen) atoms. The number of alkyl halides is 3. The van der Waals surface area contributed by atoms with Gasteiger partial charge in [0.05, 0.1) is 12.2 Å². The minimum absolute atomic E-state index is 0.0788. The summed E-state index contributed by atoms with van der Waals surface area (Å²) in [4.78, 5) is 12.2. The van der Waals surface area contributed by atoms with Gasteiger partial charge in [-0.1, -0.05) is 19.4 Å². The van der Waals surface area contributed by atoms with E-state index in [0.717, 1.165) is 18.9 Å². The van der Waals surface area contributed by atoms with Crippen LogP contribution in [0.1, 0.15) is 49.8 Å². The van der Waals surface area contributed by atoms with E-state index in [4.69, 9.17) is 9.47 Å². The van der Waals surface area contributed by atoms with Gasteiger partial charge >= 0.3 is 12.1 Å². The fourth-order valence-electron chi connectivity index (χ4n) is 3.77. The van der Waals surface area contributed by atoms with E-state index in [0.29, 0.717) is 43.8 Å². The van der Waals surface area contributed by atoms with Crippen molar-refractivity contribution in [2.75, 3.05) is 13.2 Å². The van der Waals surface area contributed by atoms with Crippen molar-refractivity contribution in [3.63, 3.8) is 0 Å². The van der Waals surface area contributed by atoms with Gasteiger partial charge in [0.1, 0.15) is 11.6 Å². The molecular weight excluding hydrogens is 416 g/mol. The number of carbonyl (C=O) groups is 1. The molecule has 0 aromatic heterocycles. The van der Waals surface area contributed by atoms with Gasteiger partial charge in [-0.05, 0) is 61.6 Å². The molecule has 2 aromatic carbocycles. The standard InChI is InChI=1S/C23H24F4O4/c1-3-4-12-31-22(2,21(28)29)20-16(23(25,26)27)8-9-17(24)19(20)15-7-10-18-14(13-15)6-5-11-30-18/h7-10,13H,3-6,11-12H2,1-2H3,(H,28,29). The van der Waals surface area contributed by atoms with Crippen molar-refractivity contribution in [1.82, 2.24) is 0 Å². The largest absolute Gasteiger partial charge is 0.493 e. The molecule has 168 valence electrons. The first-order valence-electron chi connectivity index (χ1n) is 10.1. The zero-order valence-corrected chi connectivity index (χ0v) is 17.3. The zero-order chi connectivity index (χ0) is 22.8. The van der Waals surface area contributed by atoms with Crippen LogP contribution in [-0.4, -0.2) is 24.3 Å². The van der Waals surface area contributed by atoms with Crippen molar-refractivity contribution in [1.29, 1.82) is 0 Å². The maximum absolute atomic E-state index is 15.1. The second-order valence-electron chi connectivity index (χ2n) is 7.66. The minimum Gasteiger partial charge on any atom is -0.493 e. The number of hydrogen-bond donors (Lipinski definition) is 1. The van der Waals surface area contributed by atoms with Gasteiger partial charge in [0.25, 0.3) is 0 Å². The Balaban J connectivity index is 2.30. The molecule has 1 N–H and O–H groups in total. The quantitative estimate of drug-likeness (QED) is 0.427. The molecule has 1 aliphatic rings. The third-order valence-electron chi connectivity index (χ3n) is 5.43. The monoisotopic (exact) mass is 440 g/mol. The average molecular weight is 440 g/mol. The first-order chi connectivity index (χ1) is 14.6. The Hall–Kier alpha value is -2.61. The highest BCUT2D eigenvalue weighted by atomic mass is 19.4. The highest BCUT2D eigenvalue weighted by Crippen LogP contribution is 2.45. The third kappa shape index (κ3) is 4.54. The molecule has 1 unspecified atom stereocenters. The number of unbranched alkanes of at least 4 members (excludes halogenated alkanes) is 1. The van der Waals surface area contributed by atoms with Gasteiger partial charge in [-0.2, -0.15) is 13.2 Å². The summed E-state index contributed by atoms with van der Waals surface area (Å²) in [6, 6.07) is 5.86. The van der Waals surface area contributed by atoms with Crippen molar-refractivity contribution < 1.29 is 36.9 Å². The molecule has 0 bridgehead atoms. The Kier molecular flexibility index (Phi) is 6.59. The number of aryl methyl sites for hydroxylation is 1. The molecule has 4 nitrogen and oxygen atoms in total. The summed E-state index contributed by atoms with van der Waals surface area (Å²) in [6.45, 7) is 3.33. The summed E-state index contributed by atoms with van der Waals surface area (Å²) in [5.41, 5.74) is -3.92. The number of aliphatic carboxylic acids is 1. The number of halogens is 4. The molecule has 0 saturated heterocycles. The van der Waals surface area contributed by atoms with Crippen LogP contribution < -0.4 is 4.74 Å². The molecule has 3 rings (SSSR count). The number of carboxylic acids is 1. The van der Waals surface area contributed by atoms with Crippen LogP contribution in [0.5, 0.6) is 5.75 Å². The lowest BCUT2D eigenvalue weighted by Crippen LogP contribution is -2.39. The van der Waals surface area contributed by atoms with Crippen LogP contribution in [0.25, 0.3) is 11.1 Å². The van der Waals surface area contributed by atoms with Crippen LogP contribution in [0.15, 0.2) is 30.3 Å². The van der Waals surface area contributed by atoms with Gasteiger partial charge in [-0.3, -0.25) is 0 Å². The predicted molar refractivity (Wildman–Crippen MR) is 107 cm³/mol. The summed E-state index contributed by atoms with van der Waals surface area (Å²) < 4.78 is 67.9. The van der Waals surface area contributed by atoms with Gasteiger partial charge in [-0.25, -0.2) is 9.18 Å². The fourth-order valence-corrected chi connectivity index (χ4v) is 3.77. The summed E-state index contributed by atoms with van der Waals surface area (Å²) >= 11 is 0. The van der Waals surface area contributed by atoms with E-state index in [2.05, 4.69) is 0 Å². The highest BCUT2D eigenvalue weighted by Gasteiger charge is 2.47. The molecule has 0 amide bonds. The molecular formula is C23H24F4O4. The summed E-state index contributed by atoms with van der Waals surface area (Å²) in [6.07, 6.45) is -2.45. The number of hydrogen-bond acceptors (Lipinski definition) is 3. The predicted octanol–water partition coefficient (Wildman–Crippen LogP) is 5.95. The van der Waals surface area contributed by atoms with E-state index >= 15 is 4.39 Å². The van der Waals surface area contributed by atoms with Gasteiger partial charge in [0.15, 0.2) is 5.60 Å².